The van der Waals surface area contributed by atoms with Crippen LogP contribution in [0.5, 0.6) is 0 Å². The number of amides is 1. The quantitative estimate of drug-likeness (QED) is 0.853. The van der Waals surface area contributed by atoms with E-state index in [9.17, 15) is 4.79 Å². The first-order valence-electron chi connectivity index (χ1n) is 5.67. The van der Waals surface area contributed by atoms with Gasteiger partial charge in [-0.1, -0.05) is 33.6 Å². The third kappa shape index (κ3) is 3.78. The molecule has 2 rings (SSSR count). The summed E-state index contributed by atoms with van der Waals surface area (Å²) in [5.74, 6) is -0.0768. The van der Waals surface area contributed by atoms with Crippen molar-refractivity contribution in [2.24, 2.45) is 0 Å². The molecule has 0 N–H and O–H groups in total. The van der Waals surface area contributed by atoms with Crippen LogP contribution in [-0.2, 0) is 6.54 Å². The lowest BCUT2D eigenvalue weighted by molar-refractivity contribution is 0.0785. The van der Waals surface area contributed by atoms with Crippen LogP contribution in [0.2, 0.25) is 5.02 Å². The summed E-state index contributed by atoms with van der Waals surface area (Å²) >= 11 is 9.28. The van der Waals surface area contributed by atoms with Crippen molar-refractivity contribution in [2.45, 2.75) is 6.54 Å². The molecule has 0 spiro atoms. The van der Waals surface area contributed by atoms with Crippen LogP contribution in [0.15, 0.2) is 47.2 Å². The molecule has 1 aromatic carbocycles. The van der Waals surface area contributed by atoms with E-state index in [-0.39, 0.29) is 5.91 Å². The van der Waals surface area contributed by atoms with Gasteiger partial charge in [-0.3, -0.25) is 9.78 Å². The Morgan fingerprint density at radius 2 is 2.21 bits per heavy atom. The molecule has 0 aliphatic rings. The maximum Gasteiger partial charge on any atom is 0.253 e. The molecule has 5 heteroatoms. The van der Waals surface area contributed by atoms with Gasteiger partial charge in [-0.05, 0) is 29.8 Å². The van der Waals surface area contributed by atoms with E-state index >= 15 is 0 Å². The number of halogens is 2. The molecule has 0 fully saturated rings. The van der Waals surface area contributed by atoms with Crippen molar-refractivity contribution in [1.82, 2.24) is 9.88 Å². The summed E-state index contributed by atoms with van der Waals surface area (Å²) in [5.41, 5.74) is 1.55. The van der Waals surface area contributed by atoms with E-state index in [1.54, 1.807) is 42.5 Å². The molecule has 0 saturated heterocycles. The van der Waals surface area contributed by atoms with E-state index < -0.39 is 0 Å². The van der Waals surface area contributed by atoms with Crippen LogP contribution in [0.1, 0.15) is 15.9 Å². The lowest BCUT2D eigenvalue weighted by Crippen LogP contribution is -2.26. The standard InChI is InChI=1S/C14H12BrClN2O/c1-18(9-10-3-2-4-17-8-10)14(19)11-5-12(15)7-13(16)6-11/h2-8H,9H2,1H3. The fourth-order valence-electron chi connectivity index (χ4n) is 1.74. The molecule has 1 heterocycles. The summed E-state index contributed by atoms with van der Waals surface area (Å²) < 4.78 is 0.790. The third-order valence-corrected chi connectivity index (χ3v) is 3.27. The topological polar surface area (TPSA) is 33.2 Å². The van der Waals surface area contributed by atoms with E-state index in [1.807, 2.05) is 12.1 Å². The molecule has 98 valence electrons. The van der Waals surface area contributed by atoms with E-state index in [1.165, 1.54) is 0 Å². The van der Waals surface area contributed by atoms with Crippen molar-refractivity contribution >= 4 is 33.4 Å². The molecule has 1 amide bonds. The first-order chi connectivity index (χ1) is 9.06. The Morgan fingerprint density at radius 3 is 2.84 bits per heavy atom. The number of aromatic nitrogens is 1. The summed E-state index contributed by atoms with van der Waals surface area (Å²) in [5, 5.41) is 0.535. The summed E-state index contributed by atoms with van der Waals surface area (Å²) in [4.78, 5) is 17.9. The Labute approximate surface area is 125 Å². The van der Waals surface area contributed by atoms with Crippen LogP contribution in [0.3, 0.4) is 0 Å². The van der Waals surface area contributed by atoms with Gasteiger partial charge in [0.25, 0.3) is 5.91 Å². The van der Waals surface area contributed by atoms with Crippen molar-refractivity contribution in [3.05, 3.63) is 63.3 Å². The van der Waals surface area contributed by atoms with E-state index in [0.717, 1.165) is 10.0 Å². The number of pyridine rings is 1. The second-order valence-corrected chi connectivity index (χ2v) is 5.53. The Hall–Kier alpha value is -1.39. The normalized spacial score (nSPS) is 10.3. The Morgan fingerprint density at radius 1 is 1.42 bits per heavy atom. The van der Waals surface area contributed by atoms with Crippen LogP contribution < -0.4 is 0 Å². The average molecular weight is 340 g/mol. The molecule has 0 bridgehead atoms. The van der Waals surface area contributed by atoms with Gasteiger partial charge in [-0.2, -0.15) is 0 Å². The van der Waals surface area contributed by atoms with Crippen LogP contribution in [-0.4, -0.2) is 22.8 Å². The minimum atomic E-state index is -0.0768. The van der Waals surface area contributed by atoms with E-state index in [2.05, 4.69) is 20.9 Å². The highest BCUT2D eigenvalue weighted by atomic mass is 79.9. The van der Waals surface area contributed by atoms with Crippen LogP contribution in [0.25, 0.3) is 0 Å². The van der Waals surface area contributed by atoms with Gasteiger partial charge in [0.2, 0.25) is 0 Å². The number of benzene rings is 1. The second-order valence-electron chi connectivity index (χ2n) is 4.18. The maximum atomic E-state index is 12.3. The van der Waals surface area contributed by atoms with Gasteiger partial charge >= 0.3 is 0 Å². The monoisotopic (exact) mass is 338 g/mol. The molecule has 0 unspecified atom stereocenters. The number of carbonyl (C=O) groups is 1. The van der Waals surface area contributed by atoms with Crippen molar-refractivity contribution in [3.8, 4) is 0 Å². The Bertz CT molecular complexity index is 569. The van der Waals surface area contributed by atoms with Gasteiger partial charge < -0.3 is 4.90 Å². The van der Waals surface area contributed by atoms with Crippen LogP contribution in [0, 0.1) is 0 Å². The predicted molar refractivity (Wildman–Crippen MR) is 79.2 cm³/mol. The number of hydrogen-bond donors (Lipinski definition) is 0. The SMILES string of the molecule is CN(Cc1cccnc1)C(=O)c1cc(Cl)cc(Br)c1. The fraction of sp³-hybridized carbons (Fsp3) is 0.143. The maximum absolute atomic E-state index is 12.3. The minimum absolute atomic E-state index is 0.0768. The zero-order chi connectivity index (χ0) is 13.8. The molecule has 3 nitrogen and oxygen atoms in total. The summed E-state index contributed by atoms with van der Waals surface area (Å²) in [6.45, 7) is 0.511. The summed E-state index contributed by atoms with van der Waals surface area (Å²) in [6.07, 6.45) is 3.46. The van der Waals surface area contributed by atoms with Gasteiger partial charge in [0.05, 0.1) is 0 Å². The average Bonchev–Trinajstić information content (AvgIpc) is 2.37. The van der Waals surface area contributed by atoms with Crippen molar-refractivity contribution < 1.29 is 4.79 Å². The highest BCUT2D eigenvalue weighted by Crippen LogP contribution is 2.20. The van der Waals surface area contributed by atoms with Gasteiger partial charge in [-0.25, -0.2) is 0 Å². The summed E-state index contributed by atoms with van der Waals surface area (Å²) in [7, 11) is 1.75. The third-order valence-electron chi connectivity index (χ3n) is 2.60. The second kappa shape index (κ2) is 6.17. The highest BCUT2D eigenvalue weighted by Gasteiger charge is 2.13. The van der Waals surface area contributed by atoms with Crippen LogP contribution >= 0.6 is 27.5 Å². The van der Waals surface area contributed by atoms with Gasteiger partial charge in [0.1, 0.15) is 0 Å². The van der Waals surface area contributed by atoms with Gasteiger partial charge in [0.15, 0.2) is 0 Å². The molecule has 19 heavy (non-hydrogen) atoms. The van der Waals surface area contributed by atoms with Gasteiger partial charge in [0, 0.05) is 41.0 Å². The number of carbonyl (C=O) groups excluding carboxylic acids is 1. The largest absolute Gasteiger partial charge is 0.337 e. The molecule has 0 saturated carbocycles. The van der Waals surface area contributed by atoms with E-state index in [4.69, 9.17) is 11.6 Å². The molecule has 0 radical (unpaired) electrons. The highest BCUT2D eigenvalue weighted by molar-refractivity contribution is 9.10. The fourth-order valence-corrected chi connectivity index (χ4v) is 2.60. The zero-order valence-corrected chi connectivity index (χ0v) is 12.6. The number of hydrogen-bond acceptors (Lipinski definition) is 2. The first-order valence-corrected chi connectivity index (χ1v) is 6.84. The molecule has 1 aromatic heterocycles. The molecule has 2 aromatic rings. The molecule has 0 aliphatic heterocycles. The smallest absolute Gasteiger partial charge is 0.253 e. The van der Waals surface area contributed by atoms with Crippen LogP contribution in [0.4, 0.5) is 0 Å². The molecule has 0 aliphatic carbocycles. The first kappa shape index (κ1) is 14.0. The van der Waals surface area contributed by atoms with Gasteiger partial charge in [-0.15, -0.1) is 0 Å². The van der Waals surface area contributed by atoms with Crippen molar-refractivity contribution in [1.29, 1.82) is 0 Å². The molecular weight excluding hydrogens is 328 g/mol. The lowest BCUT2D eigenvalue weighted by atomic mass is 10.2. The predicted octanol–water partition coefficient (Wildman–Crippen LogP) is 3.77. The zero-order valence-electron chi connectivity index (χ0n) is 10.3. The number of nitrogens with zero attached hydrogens (tertiary/aromatic N) is 2. The minimum Gasteiger partial charge on any atom is -0.337 e. The van der Waals surface area contributed by atoms with Crippen molar-refractivity contribution in [2.75, 3.05) is 7.05 Å². The lowest BCUT2D eigenvalue weighted by Gasteiger charge is -2.17. The Balaban J connectivity index is 2.15. The Kier molecular flexibility index (Phi) is 4.56. The molecule has 0 atom stereocenters. The summed E-state index contributed by atoms with van der Waals surface area (Å²) in [6, 6.07) is 8.95. The van der Waals surface area contributed by atoms with Crippen molar-refractivity contribution in [3.63, 3.8) is 0 Å². The molecular formula is C14H12BrClN2O. The number of rotatable bonds is 3. The van der Waals surface area contributed by atoms with E-state index in [0.29, 0.717) is 17.1 Å².